The van der Waals surface area contributed by atoms with Gasteiger partial charge in [-0.05, 0) is 79.6 Å². The highest BCUT2D eigenvalue weighted by Gasteiger charge is 2.53. The van der Waals surface area contributed by atoms with Gasteiger partial charge in [-0.25, -0.2) is 0 Å². The van der Waals surface area contributed by atoms with E-state index in [2.05, 4.69) is 19.1 Å². The highest BCUT2D eigenvalue weighted by atomic mass is 16.5. The lowest BCUT2D eigenvalue weighted by atomic mass is 9.79. The Hall–Kier alpha value is -4.25. The fourth-order valence-electron chi connectivity index (χ4n) is 5.58. The molecule has 0 fully saturated rings. The quantitative estimate of drug-likeness (QED) is 0.0388. The second-order valence-corrected chi connectivity index (χ2v) is 12.7. The van der Waals surface area contributed by atoms with Gasteiger partial charge in [0.25, 0.3) is 0 Å². The molecular formula is C41H56O10. The number of ketones is 3. The van der Waals surface area contributed by atoms with Crippen molar-refractivity contribution in [2.75, 3.05) is 14.2 Å². The molecule has 0 spiro atoms. The van der Waals surface area contributed by atoms with E-state index in [1.807, 2.05) is 0 Å². The third-order valence-electron chi connectivity index (χ3n) is 8.77. The van der Waals surface area contributed by atoms with Crippen molar-refractivity contribution in [1.82, 2.24) is 0 Å². The lowest BCUT2D eigenvalue weighted by Gasteiger charge is -2.33. The predicted molar refractivity (Wildman–Crippen MR) is 199 cm³/mol. The van der Waals surface area contributed by atoms with Crippen LogP contribution < -0.4 is 9.47 Å². The van der Waals surface area contributed by atoms with Crippen LogP contribution in [0.3, 0.4) is 0 Å². The average Bonchev–Trinajstić information content (AvgIpc) is 3.14. The molecule has 2 unspecified atom stereocenters. The van der Waals surface area contributed by atoms with Crippen molar-refractivity contribution >= 4 is 29.5 Å². The maximum atomic E-state index is 13.5. The number of methoxy groups -OCH3 is 2. The number of aromatic hydroxyl groups is 2. The first-order chi connectivity index (χ1) is 24.5. The van der Waals surface area contributed by atoms with Crippen molar-refractivity contribution in [3.63, 3.8) is 0 Å². The van der Waals surface area contributed by atoms with Crippen LogP contribution in [0.4, 0.5) is 0 Å². The van der Waals surface area contributed by atoms with Crippen LogP contribution in [0.5, 0.6) is 23.0 Å². The van der Waals surface area contributed by atoms with E-state index in [0.29, 0.717) is 24.0 Å². The molecule has 2 atom stereocenters. The van der Waals surface area contributed by atoms with Gasteiger partial charge in [0, 0.05) is 6.42 Å². The van der Waals surface area contributed by atoms with E-state index in [-0.39, 0.29) is 29.4 Å². The number of aliphatic hydroxyl groups excluding tert-OH is 2. The van der Waals surface area contributed by atoms with E-state index in [0.717, 1.165) is 44.3 Å². The fourth-order valence-corrected chi connectivity index (χ4v) is 5.58. The average molecular weight is 709 g/mol. The van der Waals surface area contributed by atoms with Crippen LogP contribution in [0.1, 0.15) is 108 Å². The van der Waals surface area contributed by atoms with E-state index in [9.17, 15) is 39.9 Å². The van der Waals surface area contributed by atoms with Crippen molar-refractivity contribution in [1.29, 1.82) is 0 Å². The molecule has 2 aromatic carbocycles. The Balaban J connectivity index is 2.06. The Bertz CT molecular complexity index is 1390. The number of allylic oxidation sites excluding steroid dienone is 2. The van der Waals surface area contributed by atoms with Crippen LogP contribution in [-0.4, -0.2) is 74.9 Å². The zero-order chi connectivity index (χ0) is 37.6. The smallest absolute Gasteiger partial charge is 0.189 e. The number of ether oxygens (including phenoxy) is 2. The van der Waals surface area contributed by atoms with E-state index in [4.69, 9.17) is 9.47 Å². The third kappa shape index (κ3) is 14.1. The minimum Gasteiger partial charge on any atom is -0.504 e. The lowest BCUT2D eigenvalue weighted by Crippen LogP contribution is -2.62. The van der Waals surface area contributed by atoms with Crippen LogP contribution >= 0.6 is 0 Å². The molecule has 2 rings (SSSR count). The van der Waals surface area contributed by atoms with Gasteiger partial charge in [0.15, 0.2) is 58.2 Å². The Morgan fingerprint density at radius 2 is 1.08 bits per heavy atom. The van der Waals surface area contributed by atoms with E-state index in [1.54, 1.807) is 0 Å². The summed E-state index contributed by atoms with van der Waals surface area (Å²) in [5, 5.41) is 53.3. The topological polar surface area (TPSA) is 171 Å². The van der Waals surface area contributed by atoms with Crippen LogP contribution in [0, 0.1) is 0 Å². The molecule has 0 aromatic heterocycles. The monoisotopic (exact) mass is 708 g/mol. The summed E-state index contributed by atoms with van der Waals surface area (Å²) in [7, 11) is 2.70. The van der Waals surface area contributed by atoms with Gasteiger partial charge in [-0.15, -0.1) is 0 Å². The number of phenolic OH excluding ortho intramolecular Hbond substituents is 2. The van der Waals surface area contributed by atoms with Gasteiger partial charge in [-0.2, -0.15) is 0 Å². The Morgan fingerprint density at radius 3 is 1.51 bits per heavy atom. The van der Waals surface area contributed by atoms with Gasteiger partial charge < -0.3 is 35.0 Å². The molecule has 10 heteroatoms. The van der Waals surface area contributed by atoms with Gasteiger partial charge in [0.1, 0.15) is 0 Å². The minimum atomic E-state index is -3.14. The summed E-state index contributed by atoms with van der Waals surface area (Å²) in [6.45, 7) is 2.22. The zero-order valence-corrected chi connectivity index (χ0v) is 30.3. The highest BCUT2D eigenvalue weighted by Crippen LogP contribution is 2.29. The maximum absolute atomic E-state index is 13.5. The van der Waals surface area contributed by atoms with Crippen LogP contribution in [0.15, 0.2) is 60.7 Å². The molecule has 0 aliphatic carbocycles. The predicted octanol–water partition coefficient (Wildman–Crippen LogP) is 7.04. The van der Waals surface area contributed by atoms with Crippen LogP contribution in [0.25, 0.3) is 12.2 Å². The Labute approximate surface area is 302 Å². The standard InChI is InChI=1S/C41H56O10/c1-4-5-6-7-8-9-10-11-12-13-14-15-16-17-18-19-38(46)41(49,39(47)34(44)26-22-30-20-24-32(42)36(28-30)50-2)40(48)35(45)27-23-31-21-25-33(43)37(29-31)51-3/h11-12,20-29,39-40,42-43,47-49H,4-10,13-19H2,1-3H3/b12-11-,26-22+,27-23+. The number of hydrogen-bond acceptors (Lipinski definition) is 10. The molecule has 0 saturated heterocycles. The van der Waals surface area contributed by atoms with Crippen molar-refractivity contribution < 1.29 is 49.4 Å². The largest absolute Gasteiger partial charge is 0.504 e. The summed E-state index contributed by atoms with van der Waals surface area (Å²) in [6.07, 6.45) is 17.1. The number of rotatable bonds is 26. The van der Waals surface area contributed by atoms with Crippen LogP contribution in [0.2, 0.25) is 0 Å². The van der Waals surface area contributed by atoms with Crippen molar-refractivity contribution in [3.05, 3.63) is 71.8 Å². The first-order valence-corrected chi connectivity index (χ1v) is 17.9. The minimum absolute atomic E-state index is 0.128. The van der Waals surface area contributed by atoms with Gasteiger partial charge in [-0.1, -0.05) is 94.7 Å². The van der Waals surface area contributed by atoms with Crippen LogP contribution in [-0.2, 0) is 14.4 Å². The van der Waals surface area contributed by atoms with Gasteiger partial charge >= 0.3 is 0 Å². The number of Topliss-reactive ketones (excluding diaryl/α,β-unsaturated/α-hetero) is 1. The maximum Gasteiger partial charge on any atom is 0.189 e. The Morgan fingerprint density at radius 1 is 0.667 bits per heavy atom. The summed E-state index contributed by atoms with van der Waals surface area (Å²) < 4.78 is 10.1. The summed E-state index contributed by atoms with van der Waals surface area (Å²) in [6, 6.07) is 8.48. The van der Waals surface area contributed by atoms with Crippen molar-refractivity contribution in [2.45, 2.75) is 115 Å². The molecule has 2 aromatic rings. The summed E-state index contributed by atoms with van der Waals surface area (Å²) in [5.41, 5.74) is -2.34. The molecule has 280 valence electrons. The van der Waals surface area contributed by atoms with Gasteiger partial charge in [0.2, 0.25) is 0 Å². The van der Waals surface area contributed by atoms with E-state index >= 15 is 0 Å². The molecular weight excluding hydrogens is 652 g/mol. The number of unbranched alkanes of at least 4 members (excludes halogenated alkanes) is 11. The zero-order valence-electron chi connectivity index (χ0n) is 30.3. The number of carbonyl (C=O) groups is 3. The molecule has 0 amide bonds. The lowest BCUT2D eigenvalue weighted by molar-refractivity contribution is -0.178. The molecule has 5 N–H and O–H groups in total. The second kappa shape index (κ2) is 23.3. The highest BCUT2D eigenvalue weighted by molar-refractivity contribution is 6.08. The molecule has 0 heterocycles. The first kappa shape index (κ1) is 42.9. The van der Waals surface area contributed by atoms with Crippen molar-refractivity contribution in [3.8, 4) is 23.0 Å². The van der Waals surface area contributed by atoms with E-state index < -0.39 is 35.2 Å². The van der Waals surface area contributed by atoms with Gasteiger partial charge in [0.05, 0.1) is 14.2 Å². The number of benzene rings is 2. The normalized spacial score (nSPS) is 14.2. The number of hydrogen-bond donors (Lipinski definition) is 5. The second-order valence-electron chi connectivity index (χ2n) is 12.7. The Kier molecular flexibility index (Phi) is 19.6. The summed E-state index contributed by atoms with van der Waals surface area (Å²) in [5.74, 6) is -3.27. The third-order valence-corrected chi connectivity index (χ3v) is 8.77. The molecule has 10 nitrogen and oxygen atoms in total. The van der Waals surface area contributed by atoms with E-state index in [1.165, 1.54) is 101 Å². The summed E-state index contributed by atoms with van der Waals surface area (Å²) >= 11 is 0. The SMILES string of the molecule is CCCCCCCC/C=C\CCCCCCCC(=O)C(O)(C(O)C(=O)/C=C/c1ccc(O)c(OC)c1)C(O)C(=O)/C=C/c1ccc(O)c(OC)c1. The molecule has 51 heavy (non-hydrogen) atoms. The van der Waals surface area contributed by atoms with Crippen molar-refractivity contribution in [2.24, 2.45) is 0 Å². The summed E-state index contributed by atoms with van der Waals surface area (Å²) in [4.78, 5) is 39.7. The molecule has 0 bridgehead atoms. The molecule has 0 saturated carbocycles. The molecule has 0 aliphatic rings. The number of aliphatic hydroxyl groups is 3. The first-order valence-electron chi connectivity index (χ1n) is 17.9. The molecule has 0 radical (unpaired) electrons. The number of phenols is 2. The van der Waals surface area contributed by atoms with Gasteiger partial charge in [-0.3, -0.25) is 14.4 Å². The number of carbonyl (C=O) groups excluding carboxylic acids is 3. The molecule has 0 aliphatic heterocycles. The fraction of sp³-hybridized carbons (Fsp3) is 0.488.